The molecule has 2 rings (SSSR count). The van der Waals surface area contributed by atoms with Crippen LogP contribution in [0.3, 0.4) is 0 Å². The van der Waals surface area contributed by atoms with Crippen molar-refractivity contribution in [3.63, 3.8) is 0 Å². The zero-order valence-electron chi connectivity index (χ0n) is 8.61. The van der Waals surface area contributed by atoms with Crippen LogP contribution in [0.25, 0.3) is 10.9 Å². The van der Waals surface area contributed by atoms with Crippen molar-refractivity contribution in [2.75, 3.05) is 19.0 Å². The highest BCUT2D eigenvalue weighted by Crippen LogP contribution is 2.24. The molecule has 0 fully saturated rings. The topological polar surface area (TPSA) is 56.3 Å². The molecule has 0 atom stereocenters. The summed E-state index contributed by atoms with van der Waals surface area (Å²) in [7, 11) is 3.84. The quantitative estimate of drug-likeness (QED) is 0.736. The number of pyridine rings is 1. The van der Waals surface area contributed by atoms with Crippen molar-refractivity contribution in [2.45, 2.75) is 0 Å². The highest BCUT2D eigenvalue weighted by Gasteiger charge is 2.03. The van der Waals surface area contributed by atoms with E-state index < -0.39 is 0 Å². The standard InChI is InChI=1S/C11H12N2O2/c1-13(2)7-3-4-8-9(5-7)12-11(15)6-10(8)14/h3-6H,1-2H3,(H2,12,14,15). The highest BCUT2D eigenvalue weighted by atomic mass is 16.3. The van der Waals surface area contributed by atoms with Crippen LogP contribution >= 0.6 is 0 Å². The SMILES string of the molecule is CN(C)c1ccc2c(O)cc(=O)[nH]c2c1. The van der Waals surface area contributed by atoms with Crippen molar-refractivity contribution in [1.82, 2.24) is 4.98 Å². The minimum absolute atomic E-state index is 0.0130. The predicted molar refractivity (Wildman–Crippen MR) is 60.6 cm³/mol. The minimum Gasteiger partial charge on any atom is -0.507 e. The molecule has 1 aromatic carbocycles. The number of aromatic hydroxyl groups is 1. The average Bonchev–Trinajstić information content (AvgIpc) is 2.16. The molecule has 1 aromatic heterocycles. The molecule has 0 amide bonds. The third-order valence-corrected chi connectivity index (χ3v) is 2.32. The fourth-order valence-electron chi connectivity index (χ4n) is 1.51. The molecular weight excluding hydrogens is 192 g/mol. The zero-order chi connectivity index (χ0) is 11.0. The molecule has 0 aliphatic heterocycles. The van der Waals surface area contributed by atoms with E-state index in [1.165, 1.54) is 6.07 Å². The van der Waals surface area contributed by atoms with Crippen LogP contribution in [0.15, 0.2) is 29.1 Å². The van der Waals surface area contributed by atoms with Crippen LogP contribution in [0.4, 0.5) is 5.69 Å². The molecule has 2 aromatic rings. The van der Waals surface area contributed by atoms with Crippen LogP contribution in [0.1, 0.15) is 0 Å². The van der Waals surface area contributed by atoms with Crippen LogP contribution in [0.2, 0.25) is 0 Å². The predicted octanol–water partition coefficient (Wildman–Crippen LogP) is 1.30. The Morgan fingerprint density at radius 3 is 2.67 bits per heavy atom. The number of anilines is 1. The second-order valence-corrected chi connectivity index (χ2v) is 3.64. The lowest BCUT2D eigenvalue weighted by Gasteiger charge is -2.12. The maximum Gasteiger partial charge on any atom is 0.252 e. The molecule has 0 bridgehead atoms. The number of H-pyrrole nitrogens is 1. The van der Waals surface area contributed by atoms with Gasteiger partial charge in [0.25, 0.3) is 5.56 Å². The number of nitrogens with one attached hydrogen (secondary N) is 1. The van der Waals surface area contributed by atoms with E-state index in [1.807, 2.05) is 31.1 Å². The summed E-state index contributed by atoms with van der Waals surface area (Å²) in [4.78, 5) is 15.8. The van der Waals surface area contributed by atoms with E-state index in [-0.39, 0.29) is 11.3 Å². The molecule has 78 valence electrons. The van der Waals surface area contributed by atoms with Crippen molar-refractivity contribution in [3.8, 4) is 5.75 Å². The minimum atomic E-state index is -0.295. The molecule has 4 nitrogen and oxygen atoms in total. The summed E-state index contributed by atoms with van der Waals surface area (Å²) in [6.07, 6.45) is 0. The zero-order valence-corrected chi connectivity index (χ0v) is 8.61. The van der Waals surface area contributed by atoms with Gasteiger partial charge in [-0.3, -0.25) is 4.79 Å². The van der Waals surface area contributed by atoms with E-state index in [0.29, 0.717) is 10.9 Å². The van der Waals surface area contributed by atoms with Crippen LogP contribution in [0, 0.1) is 0 Å². The van der Waals surface area contributed by atoms with Gasteiger partial charge in [0, 0.05) is 31.2 Å². The number of hydrogen-bond acceptors (Lipinski definition) is 3. The second-order valence-electron chi connectivity index (χ2n) is 3.64. The van der Waals surface area contributed by atoms with Crippen molar-refractivity contribution >= 4 is 16.6 Å². The molecule has 4 heteroatoms. The number of aromatic nitrogens is 1. The molecule has 0 spiro atoms. The van der Waals surface area contributed by atoms with Gasteiger partial charge >= 0.3 is 0 Å². The van der Waals surface area contributed by atoms with Gasteiger partial charge in [-0.1, -0.05) is 0 Å². The maximum absolute atomic E-state index is 11.2. The van der Waals surface area contributed by atoms with E-state index >= 15 is 0 Å². The lowest BCUT2D eigenvalue weighted by Crippen LogP contribution is -2.09. The Hall–Kier alpha value is -1.97. The number of fused-ring (bicyclic) bond motifs is 1. The Balaban J connectivity index is 2.76. The molecular formula is C11H12N2O2. The average molecular weight is 204 g/mol. The van der Waals surface area contributed by atoms with Crippen molar-refractivity contribution in [3.05, 3.63) is 34.6 Å². The summed E-state index contributed by atoms with van der Waals surface area (Å²) < 4.78 is 0. The van der Waals surface area contributed by atoms with Crippen molar-refractivity contribution < 1.29 is 5.11 Å². The number of hydrogen-bond donors (Lipinski definition) is 2. The number of rotatable bonds is 1. The molecule has 0 aliphatic rings. The van der Waals surface area contributed by atoms with E-state index in [2.05, 4.69) is 4.98 Å². The normalized spacial score (nSPS) is 10.5. The third-order valence-electron chi connectivity index (χ3n) is 2.32. The van der Waals surface area contributed by atoms with Crippen molar-refractivity contribution in [2.24, 2.45) is 0 Å². The van der Waals surface area contributed by atoms with Crippen molar-refractivity contribution in [1.29, 1.82) is 0 Å². The number of benzene rings is 1. The maximum atomic E-state index is 11.2. The summed E-state index contributed by atoms with van der Waals surface area (Å²) in [6.45, 7) is 0. The summed E-state index contributed by atoms with van der Waals surface area (Å²) in [5, 5.41) is 10.2. The summed E-state index contributed by atoms with van der Waals surface area (Å²) in [5.74, 6) is 0.0130. The van der Waals surface area contributed by atoms with Gasteiger partial charge in [-0.2, -0.15) is 0 Å². The fourth-order valence-corrected chi connectivity index (χ4v) is 1.51. The first-order valence-electron chi connectivity index (χ1n) is 4.61. The summed E-state index contributed by atoms with van der Waals surface area (Å²) >= 11 is 0. The van der Waals surface area contributed by atoms with Gasteiger partial charge in [0.15, 0.2) is 0 Å². The Bertz CT molecular complexity index is 558. The Morgan fingerprint density at radius 2 is 2.00 bits per heavy atom. The monoisotopic (exact) mass is 204 g/mol. The molecule has 0 saturated carbocycles. The van der Waals surface area contributed by atoms with E-state index in [9.17, 15) is 9.90 Å². The Kier molecular flexibility index (Phi) is 2.11. The van der Waals surface area contributed by atoms with Gasteiger partial charge < -0.3 is 15.0 Å². The summed E-state index contributed by atoms with van der Waals surface area (Å²) in [5.41, 5.74) is 1.32. The smallest absolute Gasteiger partial charge is 0.252 e. The van der Waals surface area contributed by atoms with E-state index in [1.54, 1.807) is 6.07 Å². The van der Waals surface area contributed by atoms with Gasteiger partial charge in [0.2, 0.25) is 0 Å². The molecule has 2 N–H and O–H groups in total. The second kappa shape index (κ2) is 3.31. The molecule has 0 unspecified atom stereocenters. The lowest BCUT2D eigenvalue weighted by molar-refractivity contribution is 0.480. The van der Waals surface area contributed by atoms with Gasteiger partial charge in [0.05, 0.1) is 5.52 Å². The third kappa shape index (κ3) is 1.66. The number of aromatic amines is 1. The van der Waals surface area contributed by atoms with Gasteiger partial charge in [0.1, 0.15) is 5.75 Å². The van der Waals surface area contributed by atoms with E-state index in [4.69, 9.17) is 0 Å². The first kappa shape index (κ1) is 9.58. The van der Waals surface area contributed by atoms with Crippen LogP contribution < -0.4 is 10.5 Å². The van der Waals surface area contributed by atoms with Crippen LogP contribution in [0.5, 0.6) is 5.75 Å². The molecule has 1 heterocycles. The van der Waals surface area contributed by atoms with Crippen LogP contribution in [-0.4, -0.2) is 24.2 Å². The van der Waals surface area contributed by atoms with Gasteiger partial charge in [-0.25, -0.2) is 0 Å². The molecule has 15 heavy (non-hydrogen) atoms. The molecule has 0 aliphatic carbocycles. The largest absolute Gasteiger partial charge is 0.507 e. The molecule has 0 radical (unpaired) electrons. The van der Waals surface area contributed by atoms with Gasteiger partial charge in [-0.05, 0) is 18.2 Å². The van der Waals surface area contributed by atoms with Gasteiger partial charge in [-0.15, -0.1) is 0 Å². The van der Waals surface area contributed by atoms with Crippen LogP contribution in [-0.2, 0) is 0 Å². The Labute approximate surface area is 86.8 Å². The number of nitrogens with zero attached hydrogens (tertiary/aromatic N) is 1. The first-order chi connectivity index (χ1) is 7.08. The fraction of sp³-hybridized carbons (Fsp3) is 0.182. The Morgan fingerprint density at radius 1 is 1.27 bits per heavy atom. The lowest BCUT2D eigenvalue weighted by atomic mass is 10.2. The van der Waals surface area contributed by atoms with E-state index in [0.717, 1.165) is 5.69 Å². The first-order valence-corrected chi connectivity index (χ1v) is 4.61. The highest BCUT2D eigenvalue weighted by molar-refractivity contribution is 5.87. The summed E-state index contributed by atoms with van der Waals surface area (Å²) in [6, 6.07) is 6.68. The molecule has 0 saturated heterocycles.